The van der Waals surface area contributed by atoms with Gasteiger partial charge in [-0.25, -0.2) is 9.37 Å². The molecule has 5 nitrogen and oxygen atoms in total. The Bertz CT molecular complexity index is 1370. The number of anilines is 2. The molecular weight excluding hydrogens is 543 g/mol. The number of pyridine rings is 1. The summed E-state index contributed by atoms with van der Waals surface area (Å²) in [6, 6.07) is 6.60. The van der Waals surface area contributed by atoms with E-state index in [1.807, 2.05) is 0 Å². The van der Waals surface area contributed by atoms with Gasteiger partial charge in [0.15, 0.2) is 0 Å². The Kier molecular flexibility index (Phi) is 8.54. The van der Waals surface area contributed by atoms with Crippen LogP contribution in [0.25, 0.3) is 11.1 Å². The average Bonchev–Trinajstić information content (AvgIpc) is 2.85. The van der Waals surface area contributed by atoms with Gasteiger partial charge in [0.05, 0.1) is 34.5 Å². The number of rotatable bonds is 7. The molecule has 2 aromatic carbocycles. The number of aliphatic hydroxyl groups is 1. The van der Waals surface area contributed by atoms with Crippen LogP contribution in [0.5, 0.6) is 0 Å². The molecule has 1 aromatic heterocycles. The van der Waals surface area contributed by atoms with Crippen LogP contribution in [0.1, 0.15) is 43.0 Å². The van der Waals surface area contributed by atoms with Crippen LogP contribution >= 0.6 is 0 Å². The highest BCUT2D eigenvalue weighted by Gasteiger charge is 2.41. The molecule has 0 fully saturated rings. The molecule has 1 atom stereocenters. The normalized spacial score (nSPS) is 13.2. The number of aryl methyl sites for hydroxylation is 1. The molecule has 40 heavy (non-hydrogen) atoms. The first kappa shape index (κ1) is 30.9. The van der Waals surface area contributed by atoms with Crippen molar-refractivity contribution in [1.82, 2.24) is 4.98 Å². The Balaban J connectivity index is 2.14. The van der Waals surface area contributed by atoms with E-state index in [-0.39, 0.29) is 18.3 Å². The van der Waals surface area contributed by atoms with Crippen molar-refractivity contribution in [3.63, 3.8) is 0 Å². The van der Waals surface area contributed by atoms with Gasteiger partial charge in [-0.1, -0.05) is 6.07 Å². The van der Waals surface area contributed by atoms with Crippen molar-refractivity contribution in [3.05, 3.63) is 76.7 Å². The number of hydrogen-bond donors (Lipinski definition) is 2. The number of nitrogens with one attached hydrogen (secondary N) is 1. The highest BCUT2D eigenvalue weighted by Crippen LogP contribution is 2.41. The number of alkyl halides is 6. The third-order valence-electron chi connectivity index (χ3n) is 6.45. The fraction of sp³-hybridized carbons (Fsp3) is 0.357. The van der Waals surface area contributed by atoms with Crippen molar-refractivity contribution in [2.75, 3.05) is 23.8 Å². The highest BCUT2D eigenvalue weighted by atomic mass is 19.4. The molecule has 3 aromatic rings. The zero-order valence-electron chi connectivity index (χ0n) is 22.3. The van der Waals surface area contributed by atoms with Gasteiger partial charge < -0.3 is 15.3 Å². The van der Waals surface area contributed by atoms with Crippen LogP contribution in [0.4, 0.5) is 42.2 Å². The topological polar surface area (TPSA) is 65.5 Å². The second-order valence-corrected chi connectivity index (χ2v) is 10.1. The molecule has 1 amide bonds. The number of nitrogens with zero attached hydrogens (tertiary/aromatic N) is 2. The van der Waals surface area contributed by atoms with E-state index in [4.69, 9.17) is 0 Å². The molecule has 12 heteroatoms. The molecule has 216 valence electrons. The predicted molar refractivity (Wildman–Crippen MR) is 137 cm³/mol. The van der Waals surface area contributed by atoms with Crippen LogP contribution in [0.15, 0.2) is 48.7 Å². The number of aliphatic hydroxyl groups excluding tert-OH is 1. The molecule has 0 unspecified atom stereocenters. The number of likely N-dealkylation sites (N-methyl/N-ethyl adjacent to an activating group) is 1. The number of halogens is 7. The summed E-state index contributed by atoms with van der Waals surface area (Å²) in [6.07, 6.45) is -9.55. The monoisotopic (exact) mass is 571 g/mol. The molecule has 0 aliphatic heterocycles. The summed E-state index contributed by atoms with van der Waals surface area (Å²) in [5.41, 5.74) is -3.79. The SMILES string of the molecule is Cc1cc(F)ccc1-c1cc(NC[C@H](C)O)ncc1N(C)C(=O)C(C)(C)c1cc(C(F)(F)F)cc(C(F)(F)F)c1. The number of benzene rings is 2. The van der Waals surface area contributed by atoms with E-state index in [0.717, 1.165) is 4.90 Å². The minimum atomic E-state index is -5.08. The van der Waals surface area contributed by atoms with Gasteiger partial charge in [-0.2, -0.15) is 26.3 Å². The third kappa shape index (κ3) is 6.72. The number of hydrogen-bond acceptors (Lipinski definition) is 4. The average molecular weight is 572 g/mol. The second-order valence-electron chi connectivity index (χ2n) is 10.1. The van der Waals surface area contributed by atoms with Crippen molar-refractivity contribution < 1.29 is 40.6 Å². The minimum absolute atomic E-state index is 0.00602. The van der Waals surface area contributed by atoms with Gasteiger partial charge in [0.1, 0.15) is 11.6 Å². The zero-order chi connectivity index (χ0) is 30.2. The lowest BCUT2D eigenvalue weighted by atomic mass is 9.81. The van der Waals surface area contributed by atoms with Gasteiger partial charge in [-0.3, -0.25) is 4.79 Å². The predicted octanol–water partition coefficient (Wildman–Crippen LogP) is 6.97. The molecule has 0 saturated heterocycles. The molecule has 0 spiro atoms. The van der Waals surface area contributed by atoms with E-state index in [9.17, 15) is 40.6 Å². The summed E-state index contributed by atoms with van der Waals surface area (Å²) in [4.78, 5) is 19.1. The Morgan fingerprint density at radius 3 is 2.00 bits per heavy atom. The molecule has 3 rings (SSSR count). The molecule has 1 heterocycles. The summed E-state index contributed by atoms with van der Waals surface area (Å²) in [6.45, 7) is 5.80. The quantitative estimate of drug-likeness (QED) is 0.301. The fourth-order valence-corrected chi connectivity index (χ4v) is 4.18. The van der Waals surface area contributed by atoms with Crippen LogP contribution in [0, 0.1) is 12.7 Å². The van der Waals surface area contributed by atoms with Crippen LogP contribution in [-0.2, 0) is 22.6 Å². The molecule has 0 saturated carbocycles. The van der Waals surface area contributed by atoms with E-state index in [2.05, 4.69) is 10.3 Å². The Morgan fingerprint density at radius 1 is 0.950 bits per heavy atom. The maximum atomic E-state index is 13.8. The lowest BCUT2D eigenvalue weighted by molar-refractivity contribution is -0.143. The zero-order valence-corrected chi connectivity index (χ0v) is 22.3. The molecule has 0 aliphatic carbocycles. The van der Waals surface area contributed by atoms with E-state index >= 15 is 0 Å². The summed E-state index contributed by atoms with van der Waals surface area (Å²) < 4.78 is 94.8. The van der Waals surface area contributed by atoms with Crippen LogP contribution < -0.4 is 10.2 Å². The van der Waals surface area contributed by atoms with Crippen molar-refractivity contribution in [3.8, 4) is 11.1 Å². The lowest BCUT2D eigenvalue weighted by Gasteiger charge is -2.32. The standard InChI is InChI=1S/C28H28F7N3O2/c1-15-8-20(29)6-7-21(15)22-12-24(36-13-16(2)39)37-14-23(22)38(5)25(40)26(3,4)17-9-18(27(30,31)32)11-19(10-17)28(33,34)35/h6-12,14,16,39H,13H2,1-5H3,(H,36,37)/t16-/m0/s1. The number of aromatic nitrogens is 1. The molecule has 0 bridgehead atoms. The summed E-state index contributed by atoms with van der Waals surface area (Å²) in [5, 5.41) is 12.5. The van der Waals surface area contributed by atoms with Crippen molar-refractivity contribution in [1.29, 1.82) is 0 Å². The van der Waals surface area contributed by atoms with E-state index in [1.165, 1.54) is 45.3 Å². The van der Waals surface area contributed by atoms with E-state index < -0.39 is 52.3 Å². The van der Waals surface area contributed by atoms with E-state index in [0.29, 0.717) is 34.6 Å². The second kappa shape index (κ2) is 11.1. The van der Waals surface area contributed by atoms with Crippen LogP contribution in [0.2, 0.25) is 0 Å². The van der Waals surface area contributed by atoms with Crippen molar-refractivity contribution in [2.24, 2.45) is 0 Å². The number of amides is 1. The minimum Gasteiger partial charge on any atom is -0.392 e. The molecular formula is C28H28F7N3O2. The maximum absolute atomic E-state index is 13.8. The number of carbonyl (C=O) groups excluding carboxylic acids is 1. The molecule has 2 N–H and O–H groups in total. The van der Waals surface area contributed by atoms with Gasteiger partial charge in [0.25, 0.3) is 0 Å². The lowest BCUT2D eigenvalue weighted by Crippen LogP contribution is -2.42. The van der Waals surface area contributed by atoms with Gasteiger partial charge >= 0.3 is 12.4 Å². The van der Waals surface area contributed by atoms with Crippen molar-refractivity contribution in [2.45, 2.75) is 51.6 Å². The molecule has 0 radical (unpaired) electrons. The van der Waals surface area contributed by atoms with Gasteiger partial charge in [-0.05, 0) is 80.8 Å². The first-order valence-corrected chi connectivity index (χ1v) is 12.1. The van der Waals surface area contributed by atoms with Crippen molar-refractivity contribution >= 4 is 17.4 Å². The summed E-state index contributed by atoms with van der Waals surface area (Å²) in [5.74, 6) is -0.997. The third-order valence-corrected chi connectivity index (χ3v) is 6.45. The summed E-state index contributed by atoms with van der Waals surface area (Å²) in [7, 11) is 1.32. The van der Waals surface area contributed by atoms with Gasteiger partial charge in [0, 0.05) is 19.2 Å². The fourth-order valence-electron chi connectivity index (χ4n) is 4.18. The first-order chi connectivity index (χ1) is 18.3. The first-order valence-electron chi connectivity index (χ1n) is 12.1. The smallest absolute Gasteiger partial charge is 0.392 e. The molecule has 0 aliphatic rings. The van der Waals surface area contributed by atoms with Crippen LogP contribution in [0.3, 0.4) is 0 Å². The largest absolute Gasteiger partial charge is 0.416 e. The highest BCUT2D eigenvalue weighted by molar-refractivity contribution is 6.03. The maximum Gasteiger partial charge on any atom is 0.416 e. The summed E-state index contributed by atoms with van der Waals surface area (Å²) >= 11 is 0. The van der Waals surface area contributed by atoms with Gasteiger partial charge in [0.2, 0.25) is 5.91 Å². The Labute approximate surface area is 226 Å². The van der Waals surface area contributed by atoms with E-state index in [1.54, 1.807) is 19.9 Å². The number of carbonyl (C=O) groups is 1. The van der Waals surface area contributed by atoms with Crippen LogP contribution in [-0.4, -0.2) is 35.7 Å². The Hall–Kier alpha value is -3.67. The Morgan fingerprint density at radius 2 is 1.50 bits per heavy atom. The van der Waals surface area contributed by atoms with Gasteiger partial charge in [-0.15, -0.1) is 0 Å².